The highest BCUT2D eigenvalue weighted by molar-refractivity contribution is 7.85. The Morgan fingerprint density at radius 1 is 1.28 bits per heavy atom. The summed E-state index contributed by atoms with van der Waals surface area (Å²) in [5.41, 5.74) is 0.0500. The predicted octanol–water partition coefficient (Wildman–Crippen LogP) is 0.874. The molecular weight excluding hydrogens is 260 g/mol. The van der Waals surface area contributed by atoms with Gasteiger partial charge >= 0.3 is 5.97 Å². The maximum absolute atomic E-state index is 11.5. The van der Waals surface area contributed by atoms with E-state index in [1.54, 1.807) is 12.1 Å². The molecule has 18 heavy (non-hydrogen) atoms. The fourth-order valence-electron chi connectivity index (χ4n) is 1.27. The third-order valence-corrected chi connectivity index (χ3v) is 2.93. The number of hydrogen-bond acceptors (Lipinski definition) is 6. The Bertz CT molecular complexity index is 508. The minimum absolute atomic E-state index is 0.00267. The zero-order valence-corrected chi connectivity index (χ0v) is 10.4. The molecule has 0 aliphatic rings. The van der Waals surface area contributed by atoms with Crippen molar-refractivity contribution in [2.75, 3.05) is 12.4 Å². The van der Waals surface area contributed by atoms with Crippen molar-refractivity contribution in [2.45, 2.75) is 12.8 Å². The van der Waals surface area contributed by atoms with Crippen molar-refractivity contribution in [1.82, 2.24) is 0 Å². The lowest BCUT2D eigenvalue weighted by molar-refractivity contribution is 0.0496. The van der Waals surface area contributed by atoms with Gasteiger partial charge in [0.05, 0.1) is 16.7 Å². The molecule has 0 aromatic heterocycles. The molecule has 0 saturated carbocycles. The lowest BCUT2D eigenvalue weighted by atomic mass is 10.2. The van der Waals surface area contributed by atoms with E-state index in [-0.39, 0.29) is 30.8 Å². The van der Waals surface area contributed by atoms with Crippen molar-refractivity contribution >= 4 is 16.1 Å². The van der Waals surface area contributed by atoms with Gasteiger partial charge in [-0.3, -0.25) is 0 Å². The van der Waals surface area contributed by atoms with Gasteiger partial charge in [-0.1, -0.05) is 12.1 Å². The van der Waals surface area contributed by atoms with Crippen LogP contribution >= 0.6 is 0 Å². The molecule has 0 unspecified atom stereocenters. The third-order valence-electron chi connectivity index (χ3n) is 2.15. The van der Waals surface area contributed by atoms with Crippen LogP contribution in [0.25, 0.3) is 0 Å². The normalized spacial score (nSPS) is 11.2. The summed E-state index contributed by atoms with van der Waals surface area (Å²) < 4.78 is 35.7. The van der Waals surface area contributed by atoms with Crippen LogP contribution in [0.3, 0.4) is 0 Å². The molecule has 0 saturated heterocycles. The van der Waals surface area contributed by atoms with Gasteiger partial charge in [0.2, 0.25) is 0 Å². The summed E-state index contributed by atoms with van der Waals surface area (Å²) in [6.07, 6.45) is 0.417. The van der Waals surface area contributed by atoms with Crippen molar-refractivity contribution in [2.24, 2.45) is 0 Å². The number of aromatic hydroxyl groups is 1. The number of carbonyl (C=O) groups is 1. The molecule has 0 bridgehead atoms. The van der Waals surface area contributed by atoms with Crippen LogP contribution < -0.4 is 0 Å². The number of hydrogen-bond donors (Lipinski definition) is 1. The van der Waals surface area contributed by atoms with Gasteiger partial charge in [-0.2, -0.15) is 0 Å². The summed E-state index contributed by atoms with van der Waals surface area (Å²) >= 11 is 0. The first-order valence-corrected chi connectivity index (χ1v) is 6.86. The molecule has 1 rings (SSSR count). The molecule has 0 spiro atoms. The maximum atomic E-state index is 11.5. The molecular formula is C11H13O6S-. The van der Waals surface area contributed by atoms with E-state index < -0.39 is 21.8 Å². The van der Waals surface area contributed by atoms with E-state index in [4.69, 9.17) is 4.74 Å². The van der Waals surface area contributed by atoms with E-state index in [1.165, 1.54) is 12.1 Å². The summed E-state index contributed by atoms with van der Waals surface area (Å²) in [6.45, 7) is 0.00267. The monoisotopic (exact) mass is 273 g/mol. The molecule has 1 N–H and O–H groups in total. The molecule has 1 aromatic rings. The Kier molecular flexibility index (Phi) is 5.11. The van der Waals surface area contributed by atoms with Gasteiger partial charge in [-0.05, 0) is 25.0 Å². The quantitative estimate of drug-likeness (QED) is 0.468. The zero-order valence-electron chi connectivity index (χ0n) is 9.53. The van der Waals surface area contributed by atoms with Gasteiger partial charge in [-0.15, -0.1) is 0 Å². The van der Waals surface area contributed by atoms with E-state index in [0.29, 0.717) is 0 Å². The maximum Gasteiger partial charge on any atom is 0.341 e. The van der Waals surface area contributed by atoms with Crippen molar-refractivity contribution in [1.29, 1.82) is 0 Å². The van der Waals surface area contributed by atoms with E-state index in [9.17, 15) is 22.9 Å². The molecule has 6 nitrogen and oxygen atoms in total. The summed E-state index contributed by atoms with van der Waals surface area (Å²) in [5, 5.41) is 9.37. The molecule has 0 radical (unpaired) electrons. The highest BCUT2D eigenvalue weighted by Crippen LogP contribution is 2.16. The lowest BCUT2D eigenvalue weighted by Gasteiger charge is -2.07. The predicted molar refractivity (Wildman–Crippen MR) is 62.2 cm³/mol. The van der Waals surface area contributed by atoms with Gasteiger partial charge in [0.25, 0.3) is 0 Å². The summed E-state index contributed by atoms with van der Waals surface area (Å²) in [4.78, 5) is 11.5. The van der Waals surface area contributed by atoms with Crippen LogP contribution in [-0.2, 0) is 14.9 Å². The topological polar surface area (TPSA) is 104 Å². The second-order valence-corrected chi connectivity index (χ2v) is 5.15. The highest BCUT2D eigenvalue weighted by Gasteiger charge is 2.11. The van der Waals surface area contributed by atoms with Gasteiger partial charge in [0.15, 0.2) is 0 Å². The van der Waals surface area contributed by atoms with E-state index in [0.717, 1.165) is 0 Å². The Balaban J connectivity index is 2.33. The number of carbonyl (C=O) groups excluding carboxylic acids is 1. The molecule has 0 aliphatic carbocycles. The molecule has 0 atom stereocenters. The van der Waals surface area contributed by atoms with Gasteiger partial charge in [0, 0.05) is 5.75 Å². The lowest BCUT2D eigenvalue weighted by Crippen LogP contribution is -2.09. The number of unbranched alkanes of at least 4 members (excludes halogenated alkanes) is 1. The van der Waals surface area contributed by atoms with Crippen LogP contribution in [0.4, 0.5) is 0 Å². The number of esters is 1. The Labute approximate surface area is 105 Å². The molecule has 0 amide bonds. The van der Waals surface area contributed by atoms with Crippen LogP contribution in [0.2, 0.25) is 0 Å². The van der Waals surface area contributed by atoms with E-state index in [2.05, 4.69) is 0 Å². The summed E-state index contributed by atoms with van der Waals surface area (Å²) in [7, 11) is -4.21. The smallest absolute Gasteiger partial charge is 0.341 e. The standard InChI is InChI=1S/C11H14O6S/c12-10-6-2-1-5-9(10)11(13)17-7-3-4-8-18(14,15)16/h1-2,5-6,12H,3-4,7-8H2,(H,14,15,16)/p-1. The van der Waals surface area contributed by atoms with Crippen LogP contribution in [0.1, 0.15) is 23.2 Å². The van der Waals surface area contributed by atoms with Gasteiger partial charge < -0.3 is 14.4 Å². The Morgan fingerprint density at radius 3 is 2.56 bits per heavy atom. The van der Waals surface area contributed by atoms with Crippen molar-refractivity contribution in [3.63, 3.8) is 0 Å². The zero-order chi connectivity index (χ0) is 13.6. The molecule has 7 heteroatoms. The Hall–Kier alpha value is -1.60. The molecule has 0 heterocycles. The fourth-order valence-corrected chi connectivity index (χ4v) is 1.83. The molecule has 0 aliphatic heterocycles. The van der Waals surface area contributed by atoms with Crippen LogP contribution in [0.5, 0.6) is 5.75 Å². The average Bonchev–Trinajstić information content (AvgIpc) is 2.27. The van der Waals surface area contributed by atoms with Crippen LogP contribution in [0.15, 0.2) is 24.3 Å². The van der Waals surface area contributed by atoms with Crippen molar-refractivity contribution in [3.05, 3.63) is 29.8 Å². The van der Waals surface area contributed by atoms with E-state index in [1.807, 2.05) is 0 Å². The van der Waals surface area contributed by atoms with E-state index >= 15 is 0 Å². The molecule has 1 aromatic carbocycles. The number of phenols is 1. The first kappa shape index (κ1) is 14.5. The molecule has 100 valence electrons. The number of rotatable bonds is 6. The summed E-state index contributed by atoms with van der Waals surface area (Å²) in [6, 6.07) is 5.94. The first-order chi connectivity index (χ1) is 8.40. The van der Waals surface area contributed by atoms with Gasteiger partial charge in [-0.25, -0.2) is 13.2 Å². The highest BCUT2D eigenvalue weighted by atomic mass is 32.2. The SMILES string of the molecule is O=C(OCCCCS(=O)(=O)[O-])c1ccccc1O. The van der Waals surface area contributed by atoms with Gasteiger partial charge in [0.1, 0.15) is 11.3 Å². The van der Waals surface area contributed by atoms with Crippen LogP contribution in [0, 0.1) is 0 Å². The Morgan fingerprint density at radius 2 is 1.94 bits per heavy atom. The van der Waals surface area contributed by atoms with Crippen molar-refractivity contribution < 1.29 is 27.6 Å². The van der Waals surface area contributed by atoms with Crippen LogP contribution in [-0.4, -0.2) is 36.4 Å². The first-order valence-electron chi connectivity index (χ1n) is 5.29. The largest absolute Gasteiger partial charge is 0.748 e. The number of ether oxygens (including phenoxy) is 1. The minimum atomic E-state index is -4.21. The second kappa shape index (κ2) is 6.36. The second-order valence-electron chi connectivity index (χ2n) is 3.62. The average molecular weight is 273 g/mol. The number of phenolic OH excluding ortho intramolecular Hbond substituents is 1. The number of para-hydroxylation sites is 1. The number of benzene rings is 1. The molecule has 0 fully saturated rings. The fraction of sp³-hybridized carbons (Fsp3) is 0.364. The van der Waals surface area contributed by atoms with Crippen molar-refractivity contribution in [3.8, 4) is 5.75 Å². The summed E-state index contributed by atoms with van der Waals surface area (Å²) in [5.74, 6) is -1.33. The third kappa shape index (κ3) is 5.15. The minimum Gasteiger partial charge on any atom is -0.748 e.